The van der Waals surface area contributed by atoms with Gasteiger partial charge in [0.25, 0.3) is 0 Å². The largest absolute Gasteiger partial charge is 0.385 e. The third-order valence-electron chi connectivity index (χ3n) is 2.48. The Balaban J connectivity index is 2.57. The molecule has 0 bridgehead atoms. The number of hydrogen-bond donors (Lipinski definition) is 0. The van der Waals surface area contributed by atoms with Gasteiger partial charge in [-0.15, -0.1) is 11.3 Å². The molecule has 0 spiro atoms. The van der Waals surface area contributed by atoms with Gasteiger partial charge in [0.2, 0.25) is 0 Å². The van der Waals surface area contributed by atoms with E-state index >= 15 is 0 Å². The van der Waals surface area contributed by atoms with Gasteiger partial charge in [-0.3, -0.25) is 0 Å². The van der Waals surface area contributed by atoms with Crippen LogP contribution in [0.1, 0.15) is 20.0 Å². The molecule has 1 aliphatic rings. The van der Waals surface area contributed by atoms with Crippen molar-refractivity contribution in [3.8, 4) is 0 Å². The summed E-state index contributed by atoms with van der Waals surface area (Å²) in [6.45, 7) is 0. The number of thiophene rings is 1. The van der Waals surface area contributed by atoms with Crippen molar-refractivity contribution >= 4 is 79.8 Å². The van der Waals surface area contributed by atoms with Crippen LogP contribution in [-0.2, 0) is 4.74 Å². The minimum Gasteiger partial charge on any atom is -0.385 e. The molecule has 3 rings (SSSR count). The highest BCUT2D eigenvalue weighted by molar-refractivity contribution is 7.22. The highest BCUT2D eigenvalue weighted by Crippen LogP contribution is 2.49. The zero-order valence-corrected chi connectivity index (χ0v) is 12.0. The molecule has 0 atom stereocenters. The van der Waals surface area contributed by atoms with E-state index in [0.29, 0.717) is 10.1 Å². The number of carbonyl (C=O) groups excluding carboxylic acids is 2. The number of fused-ring (bicyclic) bond motifs is 3. The molecule has 0 saturated carbocycles. The van der Waals surface area contributed by atoms with Crippen LogP contribution in [0.2, 0.25) is 20.1 Å². The number of carbonyl (C=O) groups is 2. The molecule has 3 nitrogen and oxygen atoms in total. The number of esters is 2. The van der Waals surface area contributed by atoms with E-state index in [1.54, 1.807) is 0 Å². The van der Waals surface area contributed by atoms with Crippen LogP contribution in [0.5, 0.6) is 0 Å². The minimum atomic E-state index is -0.752. The molecular weight excluding hydrogens is 342 g/mol. The smallest absolute Gasteiger partial charge is 0.357 e. The monoisotopic (exact) mass is 340 g/mol. The first-order chi connectivity index (χ1) is 8.43. The molecule has 0 radical (unpaired) electrons. The highest BCUT2D eigenvalue weighted by Gasteiger charge is 2.37. The summed E-state index contributed by atoms with van der Waals surface area (Å²) >= 11 is 24.9. The summed E-state index contributed by atoms with van der Waals surface area (Å²) in [5.74, 6) is -1.46. The second-order valence-electron chi connectivity index (χ2n) is 3.44. The van der Waals surface area contributed by atoms with Crippen LogP contribution in [0.4, 0.5) is 0 Å². The molecule has 8 heteroatoms. The standard InChI is InChI=1S/C10Cl4O3S/c11-3-1-2-8(10(16)17-9(2)15)18-7(1)6(14)5(13)4(3)12. The van der Waals surface area contributed by atoms with Gasteiger partial charge in [-0.25, -0.2) is 9.59 Å². The van der Waals surface area contributed by atoms with Crippen molar-refractivity contribution in [3.63, 3.8) is 0 Å². The zero-order chi connectivity index (χ0) is 13.2. The first kappa shape index (κ1) is 12.5. The van der Waals surface area contributed by atoms with E-state index in [1.807, 2.05) is 0 Å². The fourth-order valence-electron chi connectivity index (χ4n) is 1.72. The lowest BCUT2D eigenvalue weighted by Gasteiger charge is -2.05. The first-order valence-corrected chi connectivity index (χ1v) is 6.81. The van der Waals surface area contributed by atoms with E-state index in [9.17, 15) is 9.59 Å². The molecule has 18 heavy (non-hydrogen) atoms. The number of hydrogen-bond acceptors (Lipinski definition) is 4. The zero-order valence-electron chi connectivity index (χ0n) is 8.14. The Morgan fingerprint density at radius 3 is 2.11 bits per heavy atom. The van der Waals surface area contributed by atoms with Crippen LogP contribution in [-0.4, -0.2) is 11.9 Å². The van der Waals surface area contributed by atoms with Crippen molar-refractivity contribution in [3.05, 3.63) is 30.5 Å². The normalized spacial score (nSPS) is 14.2. The predicted octanol–water partition coefficient (Wildman–Crippen LogP) is 4.83. The number of rotatable bonds is 0. The van der Waals surface area contributed by atoms with Crippen molar-refractivity contribution in [2.75, 3.05) is 0 Å². The second kappa shape index (κ2) is 3.99. The summed E-state index contributed by atoms with van der Waals surface area (Å²) in [5.41, 5.74) is 0.102. The average molecular weight is 342 g/mol. The maximum atomic E-state index is 11.6. The van der Waals surface area contributed by atoms with Gasteiger partial charge in [0.15, 0.2) is 0 Å². The average Bonchev–Trinajstić information content (AvgIpc) is 2.84. The lowest BCUT2D eigenvalue weighted by atomic mass is 10.1. The van der Waals surface area contributed by atoms with Crippen LogP contribution in [0.3, 0.4) is 0 Å². The Bertz CT molecular complexity index is 750. The van der Waals surface area contributed by atoms with Crippen LogP contribution in [0.15, 0.2) is 0 Å². The van der Waals surface area contributed by atoms with Gasteiger partial charge < -0.3 is 4.74 Å². The van der Waals surface area contributed by atoms with E-state index < -0.39 is 11.9 Å². The fraction of sp³-hybridized carbons (Fsp3) is 0. The number of halogens is 4. The molecule has 0 fully saturated rings. The predicted molar refractivity (Wildman–Crippen MR) is 71.6 cm³/mol. The topological polar surface area (TPSA) is 43.4 Å². The van der Waals surface area contributed by atoms with Gasteiger partial charge >= 0.3 is 11.9 Å². The maximum Gasteiger partial charge on any atom is 0.357 e. The lowest BCUT2D eigenvalue weighted by Crippen LogP contribution is -1.98. The lowest BCUT2D eigenvalue weighted by molar-refractivity contribution is 0.0446. The summed E-state index contributed by atoms with van der Waals surface area (Å²) in [5, 5.41) is 0.707. The molecule has 2 heterocycles. The highest BCUT2D eigenvalue weighted by atomic mass is 35.5. The van der Waals surface area contributed by atoms with Crippen molar-refractivity contribution in [2.24, 2.45) is 0 Å². The molecule has 0 unspecified atom stereocenters. The Morgan fingerprint density at radius 1 is 0.833 bits per heavy atom. The van der Waals surface area contributed by atoms with Gasteiger partial charge in [-0.05, 0) is 0 Å². The van der Waals surface area contributed by atoms with E-state index in [0.717, 1.165) is 11.3 Å². The van der Waals surface area contributed by atoms with Crippen LogP contribution >= 0.6 is 57.7 Å². The summed E-state index contributed by atoms with van der Waals surface area (Å²) in [7, 11) is 0. The molecule has 0 saturated heterocycles. The Kier molecular flexibility index (Phi) is 2.77. The van der Waals surface area contributed by atoms with Crippen molar-refractivity contribution in [2.45, 2.75) is 0 Å². The van der Waals surface area contributed by atoms with E-state index in [4.69, 9.17) is 46.4 Å². The van der Waals surface area contributed by atoms with E-state index in [-0.39, 0.29) is 30.5 Å². The van der Waals surface area contributed by atoms with Crippen molar-refractivity contribution < 1.29 is 14.3 Å². The Morgan fingerprint density at radius 2 is 1.44 bits per heavy atom. The van der Waals surface area contributed by atoms with Crippen molar-refractivity contribution in [1.29, 1.82) is 0 Å². The van der Waals surface area contributed by atoms with Gasteiger partial charge in [0, 0.05) is 5.39 Å². The van der Waals surface area contributed by atoms with Crippen LogP contribution in [0.25, 0.3) is 10.1 Å². The minimum absolute atomic E-state index is 0.0450. The first-order valence-electron chi connectivity index (χ1n) is 4.48. The molecule has 1 aromatic heterocycles. The summed E-state index contributed by atoms with van der Waals surface area (Å²) in [4.78, 5) is 23.2. The number of ether oxygens (including phenoxy) is 1. The third kappa shape index (κ3) is 1.44. The van der Waals surface area contributed by atoms with Gasteiger partial charge in [0.1, 0.15) is 4.88 Å². The molecule has 0 amide bonds. The second-order valence-corrected chi connectivity index (χ2v) is 5.98. The maximum absolute atomic E-state index is 11.6. The van der Waals surface area contributed by atoms with E-state index in [2.05, 4.69) is 4.74 Å². The molecular formula is C10Cl4O3S. The van der Waals surface area contributed by atoms with Crippen LogP contribution in [0, 0.1) is 0 Å². The van der Waals surface area contributed by atoms with Crippen LogP contribution < -0.4 is 0 Å². The molecule has 92 valence electrons. The summed E-state index contributed by atoms with van der Waals surface area (Å²) in [6.07, 6.45) is 0. The third-order valence-corrected chi connectivity index (χ3v) is 5.58. The van der Waals surface area contributed by atoms with Crippen molar-refractivity contribution in [1.82, 2.24) is 0 Å². The summed E-state index contributed by atoms with van der Waals surface area (Å²) < 4.78 is 4.95. The number of cyclic esters (lactones) is 2. The summed E-state index contributed by atoms with van der Waals surface area (Å²) in [6, 6.07) is 0. The quantitative estimate of drug-likeness (QED) is 0.298. The molecule has 1 aliphatic heterocycles. The Labute approximate surface area is 124 Å². The van der Waals surface area contributed by atoms with Gasteiger partial charge in [0.05, 0.1) is 30.4 Å². The molecule has 0 aliphatic carbocycles. The van der Waals surface area contributed by atoms with Gasteiger partial charge in [-0.2, -0.15) is 0 Å². The van der Waals surface area contributed by atoms with E-state index in [1.165, 1.54) is 0 Å². The SMILES string of the molecule is O=C1OC(=O)c2c1sc1c(Cl)c(Cl)c(Cl)c(Cl)c21. The fourth-order valence-corrected chi connectivity index (χ4v) is 4.01. The molecule has 0 N–H and O–H groups in total. The Hall–Kier alpha value is -0.520. The molecule has 2 aromatic rings. The number of benzene rings is 1. The molecule has 1 aromatic carbocycles. The van der Waals surface area contributed by atoms with Gasteiger partial charge in [-0.1, -0.05) is 46.4 Å².